The SMILES string of the molecule is CN1CCN(c2c(Cl)cc(N)cc2C(=O)O)CC1. The number of hydrogen-bond acceptors (Lipinski definition) is 4. The van der Waals surface area contributed by atoms with Gasteiger partial charge in [0.25, 0.3) is 0 Å². The van der Waals surface area contributed by atoms with Crippen LogP contribution in [-0.2, 0) is 0 Å². The molecule has 0 unspecified atom stereocenters. The van der Waals surface area contributed by atoms with Crippen molar-refractivity contribution in [1.82, 2.24) is 4.90 Å². The minimum atomic E-state index is -1.00. The Morgan fingerprint density at radius 3 is 2.50 bits per heavy atom. The number of nitrogens with zero attached hydrogens (tertiary/aromatic N) is 2. The molecule has 1 aromatic carbocycles. The first-order valence-corrected chi connectivity index (χ1v) is 6.12. The molecule has 0 saturated carbocycles. The van der Waals surface area contributed by atoms with E-state index in [4.69, 9.17) is 17.3 Å². The van der Waals surface area contributed by atoms with Gasteiger partial charge in [-0.15, -0.1) is 0 Å². The molecule has 5 nitrogen and oxygen atoms in total. The highest BCUT2D eigenvalue weighted by atomic mass is 35.5. The van der Waals surface area contributed by atoms with Crippen LogP contribution in [0, 0.1) is 0 Å². The van der Waals surface area contributed by atoms with E-state index >= 15 is 0 Å². The molecule has 1 heterocycles. The van der Waals surface area contributed by atoms with E-state index in [0.717, 1.165) is 26.2 Å². The highest BCUT2D eigenvalue weighted by Crippen LogP contribution is 2.33. The Morgan fingerprint density at radius 1 is 1.33 bits per heavy atom. The van der Waals surface area contributed by atoms with Gasteiger partial charge >= 0.3 is 5.97 Å². The minimum Gasteiger partial charge on any atom is -0.478 e. The van der Waals surface area contributed by atoms with Crippen LogP contribution < -0.4 is 10.6 Å². The van der Waals surface area contributed by atoms with Crippen molar-refractivity contribution in [3.63, 3.8) is 0 Å². The van der Waals surface area contributed by atoms with E-state index in [-0.39, 0.29) is 5.56 Å². The molecule has 1 aromatic rings. The first kappa shape index (κ1) is 13.0. The van der Waals surface area contributed by atoms with E-state index in [1.165, 1.54) is 6.07 Å². The Kier molecular flexibility index (Phi) is 3.63. The highest BCUT2D eigenvalue weighted by Gasteiger charge is 2.23. The van der Waals surface area contributed by atoms with Crippen LogP contribution in [0.2, 0.25) is 5.02 Å². The molecule has 0 aromatic heterocycles. The number of halogens is 1. The zero-order valence-electron chi connectivity index (χ0n) is 10.2. The second-order valence-corrected chi connectivity index (χ2v) is 4.90. The zero-order valence-corrected chi connectivity index (χ0v) is 10.9. The number of likely N-dealkylation sites (N-methyl/N-ethyl adjacent to an activating group) is 1. The molecule has 0 radical (unpaired) electrons. The smallest absolute Gasteiger partial charge is 0.337 e. The Balaban J connectivity index is 2.39. The van der Waals surface area contributed by atoms with Crippen molar-refractivity contribution in [2.75, 3.05) is 43.9 Å². The van der Waals surface area contributed by atoms with Gasteiger partial charge in [0.05, 0.1) is 16.3 Å². The van der Waals surface area contributed by atoms with Crippen molar-refractivity contribution in [2.45, 2.75) is 0 Å². The van der Waals surface area contributed by atoms with E-state index in [2.05, 4.69) is 4.90 Å². The van der Waals surface area contributed by atoms with Gasteiger partial charge in [-0.3, -0.25) is 0 Å². The number of hydrogen-bond donors (Lipinski definition) is 2. The molecule has 0 atom stereocenters. The number of piperazine rings is 1. The Labute approximate surface area is 111 Å². The van der Waals surface area contributed by atoms with Crippen molar-refractivity contribution >= 4 is 28.9 Å². The molecule has 0 spiro atoms. The molecule has 18 heavy (non-hydrogen) atoms. The number of rotatable bonds is 2. The number of carboxylic acids is 1. The molecule has 6 heteroatoms. The van der Waals surface area contributed by atoms with Crippen molar-refractivity contribution in [3.8, 4) is 0 Å². The standard InChI is InChI=1S/C12H16ClN3O2/c1-15-2-4-16(5-3-15)11-9(12(17)18)6-8(14)7-10(11)13/h6-7H,2-5,14H2,1H3,(H,17,18). The summed E-state index contributed by atoms with van der Waals surface area (Å²) in [6.45, 7) is 3.31. The van der Waals surface area contributed by atoms with Crippen LogP contribution in [0.25, 0.3) is 0 Å². The molecule has 1 aliphatic rings. The second kappa shape index (κ2) is 5.04. The van der Waals surface area contributed by atoms with Crippen LogP contribution in [-0.4, -0.2) is 49.2 Å². The summed E-state index contributed by atoms with van der Waals surface area (Å²) in [7, 11) is 2.04. The van der Waals surface area contributed by atoms with Gasteiger partial charge in [-0.2, -0.15) is 0 Å². The zero-order chi connectivity index (χ0) is 13.3. The fraction of sp³-hybridized carbons (Fsp3) is 0.417. The average Bonchev–Trinajstić information content (AvgIpc) is 2.29. The van der Waals surface area contributed by atoms with Gasteiger partial charge in [0.2, 0.25) is 0 Å². The number of aromatic carboxylic acids is 1. The maximum Gasteiger partial charge on any atom is 0.337 e. The summed E-state index contributed by atoms with van der Waals surface area (Å²) in [5.41, 5.74) is 6.76. The Morgan fingerprint density at radius 2 is 1.94 bits per heavy atom. The molecule has 1 saturated heterocycles. The summed E-state index contributed by atoms with van der Waals surface area (Å²) in [5, 5.41) is 9.65. The van der Waals surface area contributed by atoms with Crippen LogP contribution in [0.1, 0.15) is 10.4 Å². The minimum absolute atomic E-state index is 0.171. The van der Waals surface area contributed by atoms with Crippen molar-refractivity contribution < 1.29 is 9.90 Å². The summed E-state index contributed by atoms with van der Waals surface area (Å²) in [6.07, 6.45) is 0. The van der Waals surface area contributed by atoms with Crippen molar-refractivity contribution in [3.05, 3.63) is 22.7 Å². The third kappa shape index (κ3) is 2.52. The summed E-state index contributed by atoms with van der Waals surface area (Å²) in [4.78, 5) is 15.5. The molecular formula is C12H16ClN3O2. The topological polar surface area (TPSA) is 69.8 Å². The van der Waals surface area contributed by atoms with Crippen LogP contribution in [0.3, 0.4) is 0 Å². The summed E-state index contributed by atoms with van der Waals surface area (Å²) >= 11 is 6.15. The van der Waals surface area contributed by atoms with E-state index < -0.39 is 5.97 Å². The lowest BCUT2D eigenvalue weighted by molar-refractivity contribution is 0.0697. The van der Waals surface area contributed by atoms with Gasteiger partial charge in [0.1, 0.15) is 0 Å². The number of anilines is 2. The third-order valence-corrected chi connectivity index (χ3v) is 3.42. The van der Waals surface area contributed by atoms with Crippen molar-refractivity contribution in [2.24, 2.45) is 0 Å². The van der Waals surface area contributed by atoms with E-state index in [1.54, 1.807) is 6.07 Å². The van der Waals surface area contributed by atoms with Crippen LogP contribution in [0.15, 0.2) is 12.1 Å². The third-order valence-electron chi connectivity index (χ3n) is 3.14. The molecule has 2 rings (SSSR count). The van der Waals surface area contributed by atoms with Crippen LogP contribution in [0.5, 0.6) is 0 Å². The van der Waals surface area contributed by atoms with E-state index in [0.29, 0.717) is 16.4 Å². The lowest BCUT2D eigenvalue weighted by Gasteiger charge is -2.35. The summed E-state index contributed by atoms with van der Waals surface area (Å²) in [6, 6.07) is 3.06. The largest absolute Gasteiger partial charge is 0.478 e. The predicted octanol–water partition coefficient (Wildman–Crippen LogP) is 1.37. The number of benzene rings is 1. The van der Waals surface area contributed by atoms with Gasteiger partial charge in [0.15, 0.2) is 0 Å². The monoisotopic (exact) mass is 269 g/mol. The van der Waals surface area contributed by atoms with E-state index in [1.807, 2.05) is 11.9 Å². The number of nitrogen functional groups attached to an aromatic ring is 1. The number of carbonyl (C=O) groups is 1. The Bertz CT molecular complexity index is 471. The molecule has 0 amide bonds. The quantitative estimate of drug-likeness (QED) is 0.794. The number of carboxylic acid groups (broad SMARTS) is 1. The maximum atomic E-state index is 11.3. The van der Waals surface area contributed by atoms with Gasteiger partial charge in [-0.25, -0.2) is 4.79 Å². The molecule has 98 valence electrons. The molecular weight excluding hydrogens is 254 g/mol. The maximum absolute atomic E-state index is 11.3. The lowest BCUT2D eigenvalue weighted by Crippen LogP contribution is -2.45. The molecule has 1 aliphatic heterocycles. The fourth-order valence-electron chi connectivity index (χ4n) is 2.13. The molecule has 0 bridgehead atoms. The van der Waals surface area contributed by atoms with Gasteiger partial charge in [-0.05, 0) is 19.2 Å². The predicted molar refractivity (Wildman–Crippen MR) is 72.5 cm³/mol. The first-order valence-electron chi connectivity index (χ1n) is 5.75. The van der Waals surface area contributed by atoms with Crippen molar-refractivity contribution in [1.29, 1.82) is 0 Å². The first-order chi connectivity index (χ1) is 8.49. The van der Waals surface area contributed by atoms with Crippen LogP contribution >= 0.6 is 11.6 Å². The Hall–Kier alpha value is -1.46. The molecule has 0 aliphatic carbocycles. The van der Waals surface area contributed by atoms with E-state index in [9.17, 15) is 9.90 Å². The highest BCUT2D eigenvalue weighted by molar-refractivity contribution is 6.34. The lowest BCUT2D eigenvalue weighted by atomic mass is 10.1. The fourth-order valence-corrected chi connectivity index (χ4v) is 2.48. The van der Waals surface area contributed by atoms with Crippen LogP contribution in [0.4, 0.5) is 11.4 Å². The van der Waals surface area contributed by atoms with Gasteiger partial charge < -0.3 is 20.6 Å². The second-order valence-electron chi connectivity index (χ2n) is 4.49. The van der Waals surface area contributed by atoms with Gasteiger partial charge in [0, 0.05) is 31.9 Å². The van der Waals surface area contributed by atoms with Gasteiger partial charge in [-0.1, -0.05) is 11.6 Å². The summed E-state index contributed by atoms with van der Waals surface area (Å²) < 4.78 is 0. The normalized spacial score (nSPS) is 16.9. The molecule has 3 N–H and O–H groups in total. The average molecular weight is 270 g/mol. The molecule has 1 fully saturated rings. The number of nitrogens with two attached hydrogens (primary N) is 1. The summed E-state index contributed by atoms with van der Waals surface area (Å²) in [5.74, 6) is -1.00.